The summed E-state index contributed by atoms with van der Waals surface area (Å²) in [6, 6.07) is 13.8. The number of hydrogen-bond donors (Lipinski definition) is 2. The molecule has 0 spiro atoms. The first-order valence-electron chi connectivity index (χ1n) is 7.69. The summed E-state index contributed by atoms with van der Waals surface area (Å²) in [5.74, 6) is -1.12. The van der Waals surface area contributed by atoms with Crippen molar-refractivity contribution in [3.05, 3.63) is 59.9 Å². The summed E-state index contributed by atoms with van der Waals surface area (Å²) in [4.78, 5) is 23.5. The van der Waals surface area contributed by atoms with Gasteiger partial charge in [-0.1, -0.05) is 12.1 Å². The lowest BCUT2D eigenvalue weighted by Crippen LogP contribution is -2.18. The second-order valence-corrected chi connectivity index (χ2v) is 5.66. The van der Waals surface area contributed by atoms with Gasteiger partial charge in [0.05, 0.1) is 13.0 Å². The molecule has 1 atom stereocenters. The third-order valence-electron chi connectivity index (χ3n) is 3.98. The molecule has 6 nitrogen and oxygen atoms in total. The van der Waals surface area contributed by atoms with E-state index in [0.717, 1.165) is 5.56 Å². The fraction of sp³-hybridized carbons (Fsp3) is 0.158. The van der Waals surface area contributed by atoms with Gasteiger partial charge in [-0.2, -0.15) is 0 Å². The molecule has 3 aromatic rings. The zero-order valence-corrected chi connectivity index (χ0v) is 13.8. The maximum atomic E-state index is 12.5. The summed E-state index contributed by atoms with van der Waals surface area (Å²) < 4.78 is 10.4. The number of anilines is 1. The lowest BCUT2D eigenvalue weighted by Gasteiger charge is -2.13. The minimum atomic E-state index is -1.13. The number of nitrogens with one attached hydrogen (secondary N) is 1. The van der Waals surface area contributed by atoms with Crippen LogP contribution in [0.5, 0.6) is 5.75 Å². The van der Waals surface area contributed by atoms with E-state index in [9.17, 15) is 9.59 Å². The van der Waals surface area contributed by atoms with Crippen LogP contribution in [-0.4, -0.2) is 24.1 Å². The summed E-state index contributed by atoms with van der Waals surface area (Å²) in [6.07, 6.45) is 0. The van der Waals surface area contributed by atoms with E-state index in [-0.39, 0.29) is 17.6 Å². The summed E-state index contributed by atoms with van der Waals surface area (Å²) in [5, 5.41) is 12.4. The van der Waals surface area contributed by atoms with Crippen LogP contribution in [0.2, 0.25) is 0 Å². The third kappa shape index (κ3) is 3.47. The van der Waals surface area contributed by atoms with E-state index in [2.05, 4.69) is 5.32 Å². The fourth-order valence-corrected chi connectivity index (χ4v) is 2.54. The van der Waals surface area contributed by atoms with Gasteiger partial charge in [-0.25, -0.2) is 4.79 Å². The maximum absolute atomic E-state index is 12.5. The second-order valence-electron chi connectivity index (χ2n) is 5.66. The van der Waals surface area contributed by atoms with E-state index in [1.54, 1.807) is 25.3 Å². The van der Waals surface area contributed by atoms with E-state index >= 15 is 0 Å². The number of rotatable bonds is 5. The SMILES string of the molecule is COc1cccc(C(C)C(=O)Nc2ccc3oc(C(=O)O)cc3c2)c1. The molecule has 1 heterocycles. The molecule has 0 radical (unpaired) electrons. The quantitative estimate of drug-likeness (QED) is 0.736. The first-order valence-corrected chi connectivity index (χ1v) is 7.69. The van der Waals surface area contributed by atoms with Gasteiger partial charge < -0.3 is 19.6 Å². The molecule has 2 aromatic carbocycles. The van der Waals surface area contributed by atoms with Crippen LogP contribution < -0.4 is 10.1 Å². The highest BCUT2D eigenvalue weighted by Crippen LogP contribution is 2.25. The number of hydrogen-bond acceptors (Lipinski definition) is 4. The number of amides is 1. The van der Waals surface area contributed by atoms with Crippen LogP contribution >= 0.6 is 0 Å². The summed E-state index contributed by atoms with van der Waals surface area (Å²) in [6.45, 7) is 1.81. The largest absolute Gasteiger partial charge is 0.497 e. The Morgan fingerprint density at radius 3 is 2.68 bits per heavy atom. The van der Waals surface area contributed by atoms with Crippen LogP contribution in [0, 0.1) is 0 Å². The van der Waals surface area contributed by atoms with Crippen molar-refractivity contribution in [2.24, 2.45) is 0 Å². The number of benzene rings is 2. The van der Waals surface area contributed by atoms with Gasteiger partial charge in [0.15, 0.2) is 0 Å². The molecule has 2 N–H and O–H groups in total. The predicted octanol–water partition coefficient (Wildman–Crippen LogP) is 3.88. The fourth-order valence-electron chi connectivity index (χ4n) is 2.54. The highest BCUT2D eigenvalue weighted by molar-refractivity contribution is 5.98. The van der Waals surface area contributed by atoms with Gasteiger partial charge in [0.1, 0.15) is 11.3 Å². The average molecular weight is 339 g/mol. The standard InChI is InChI=1S/C19H17NO5/c1-11(12-4-3-5-15(9-12)24-2)18(21)20-14-6-7-16-13(8-14)10-17(25-16)19(22)23/h3-11H,1-2H3,(H,20,21)(H,22,23). The van der Waals surface area contributed by atoms with Crippen molar-refractivity contribution in [3.63, 3.8) is 0 Å². The van der Waals surface area contributed by atoms with Crippen molar-refractivity contribution in [1.82, 2.24) is 0 Å². The first kappa shape index (κ1) is 16.6. The van der Waals surface area contributed by atoms with Crippen LogP contribution in [0.4, 0.5) is 5.69 Å². The Balaban J connectivity index is 1.79. The normalized spacial score (nSPS) is 11.9. The highest BCUT2D eigenvalue weighted by Gasteiger charge is 2.17. The summed E-state index contributed by atoms with van der Waals surface area (Å²) in [7, 11) is 1.58. The molecule has 0 aliphatic rings. The molecular formula is C19H17NO5. The number of carboxylic acids is 1. The number of carbonyl (C=O) groups excluding carboxylic acids is 1. The lowest BCUT2D eigenvalue weighted by molar-refractivity contribution is -0.117. The van der Waals surface area contributed by atoms with Gasteiger partial charge in [0, 0.05) is 11.1 Å². The predicted molar refractivity (Wildman–Crippen MR) is 93.2 cm³/mol. The highest BCUT2D eigenvalue weighted by atomic mass is 16.5. The molecule has 0 aliphatic heterocycles. The van der Waals surface area contributed by atoms with E-state index in [4.69, 9.17) is 14.3 Å². The number of carbonyl (C=O) groups is 2. The minimum absolute atomic E-state index is 0.136. The van der Waals surface area contributed by atoms with Crippen molar-refractivity contribution < 1.29 is 23.8 Å². The number of aromatic carboxylic acids is 1. The Morgan fingerprint density at radius 1 is 1.16 bits per heavy atom. The van der Waals surface area contributed by atoms with Crippen molar-refractivity contribution in [3.8, 4) is 5.75 Å². The summed E-state index contributed by atoms with van der Waals surface area (Å²) >= 11 is 0. The number of carboxylic acid groups (broad SMARTS) is 1. The molecule has 6 heteroatoms. The Hall–Kier alpha value is -3.28. The monoisotopic (exact) mass is 339 g/mol. The molecule has 1 amide bonds. The number of methoxy groups -OCH3 is 1. The van der Waals surface area contributed by atoms with E-state index < -0.39 is 5.97 Å². The van der Waals surface area contributed by atoms with E-state index in [1.165, 1.54) is 6.07 Å². The number of fused-ring (bicyclic) bond motifs is 1. The van der Waals surface area contributed by atoms with E-state index in [0.29, 0.717) is 22.4 Å². The Kier molecular flexibility index (Phi) is 4.43. The Labute approximate surface area is 144 Å². The van der Waals surface area contributed by atoms with Crippen LogP contribution in [0.15, 0.2) is 52.9 Å². The molecule has 0 saturated carbocycles. The number of furan rings is 1. The Bertz CT molecular complexity index is 944. The Morgan fingerprint density at radius 2 is 1.96 bits per heavy atom. The second kappa shape index (κ2) is 6.68. The van der Waals surface area contributed by atoms with E-state index in [1.807, 2.05) is 31.2 Å². The topological polar surface area (TPSA) is 88.8 Å². The first-order chi connectivity index (χ1) is 12.0. The van der Waals surface area contributed by atoms with Gasteiger partial charge >= 0.3 is 5.97 Å². The minimum Gasteiger partial charge on any atom is -0.497 e. The van der Waals surface area contributed by atoms with Crippen molar-refractivity contribution >= 4 is 28.5 Å². The molecular weight excluding hydrogens is 322 g/mol. The molecule has 0 aliphatic carbocycles. The van der Waals surface area contributed by atoms with Crippen molar-refractivity contribution in [1.29, 1.82) is 0 Å². The molecule has 0 bridgehead atoms. The van der Waals surface area contributed by atoms with Crippen LogP contribution in [0.1, 0.15) is 29.0 Å². The van der Waals surface area contributed by atoms with Gasteiger partial charge in [0.2, 0.25) is 11.7 Å². The van der Waals surface area contributed by atoms with Crippen LogP contribution in [0.3, 0.4) is 0 Å². The molecule has 1 unspecified atom stereocenters. The molecule has 3 rings (SSSR count). The number of ether oxygens (including phenoxy) is 1. The molecule has 1 aromatic heterocycles. The molecule has 25 heavy (non-hydrogen) atoms. The molecule has 128 valence electrons. The van der Waals surface area contributed by atoms with Gasteiger partial charge in [0.25, 0.3) is 0 Å². The van der Waals surface area contributed by atoms with Gasteiger partial charge in [-0.3, -0.25) is 4.79 Å². The summed E-state index contributed by atoms with van der Waals surface area (Å²) in [5.41, 5.74) is 1.87. The zero-order chi connectivity index (χ0) is 18.0. The van der Waals surface area contributed by atoms with Crippen molar-refractivity contribution in [2.45, 2.75) is 12.8 Å². The lowest BCUT2D eigenvalue weighted by atomic mass is 10.00. The molecule has 0 saturated heterocycles. The maximum Gasteiger partial charge on any atom is 0.371 e. The van der Waals surface area contributed by atoms with Gasteiger partial charge in [-0.15, -0.1) is 0 Å². The van der Waals surface area contributed by atoms with Crippen LogP contribution in [0.25, 0.3) is 11.0 Å². The molecule has 0 fully saturated rings. The average Bonchev–Trinajstić information content (AvgIpc) is 3.04. The van der Waals surface area contributed by atoms with Crippen LogP contribution in [-0.2, 0) is 4.79 Å². The van der Waals surface area contributed by atoms with Gasteiger partial charge in [-0.05, 0) is 48.9 Å². The zero-order valence-electron chi connectivity index (χ0n) is 13.8. The smallest absolute Gasteiger partial charge is 0.371 e. The third-order valence-corrected chi connectivity index (χ3v) is 3.98. The van der Waals surface area contributed by atoms with Crippen molar-refractivity contribution in [2.75, 3.05) is 12.4 Å².